The van der Waals surface area contributed by atoms with Gasteiger partial charge in [-0.25, -0.2) is 8.78 Å². The Hall–Kier alpha value is -1.94. The van der Waals surface area contributed by atoms with E-state index in [0.29, 0.717) is 12.1 Å². The maximum Gasteiger partial charge on any atom is 0.130 e. The normalized spacial score (nSPS) is 16.8. The Balaban J connectivity index is 1.73. The van der Waals surface area contributed by atoms with E-state index in [0.717, 1.165) is 24.7 Å². The molecule has 0 saturated carbocycles. The van der Waals surface area contributed by atoms with Crippen LogP contribution in [-0.2, 0) is 13.0 Å². The highest BCUT2D eigenvalue weighted by atomic mass is 19.1. The third-order valence-electron chi connectivity index (χ3n) is 3.98. The largest absolute Gasteiger partial charge is 0.497 e. The molecular formula is C17H17F2NO. The van der Waals surface area contributed by atoms with Gasteiger partial charge in [-0.05, 0) is 42.2 Å². The zero-order valence-corrected chi connectivity index (χ0v) is 11.8. The first-order valence-corrected chi connectivity index (χ1v) is 7.01. The smallest absolute Gasteiger partial charge is 0.130 e. The highest BCUT2D eigenvalue weighted by Gasteiger charge is 2.22. The third-order valence-corrected chi connectivity index (χ3v) is 3.98. The van der Waals surface area contributed by atoms with Gasteiger partial charge < -0.3 is 10.1 Å². The lowest BCUT2D eigenvalue weighted by Gasteiger charge is -2.15. The molecule has 1 unspecified atom stereocenters. The van der Waals surface area contributed by atoms with Gasteiger partial charge in [0.1, 0.15) is 17.4 Å². The second-order valence-electron chi connectivity index (χ2n) is 5.27. The monoisotopic (exact) mass is 289 g/mol. The van der Waals surface area contributed by atoms with Gasteiger partial charge in [0.05, 0.1) is 7.11 Å². The molecule has 1 N–H and O–H groups in total. The molecule has 2 aromatic carbocycles. The molecule has 4 heteroatoms. The SMILES string of the molecule is COc1ccc2c(c1)C(NCc1ccc(F)cc1F)CC2. The van der Waals surface area contributed by atoms with Crippen molar-refractivity contribution in [3.63, 3.8) is 0 Å². The molecule has 3 rings (SSSR count). The van der Waals surface area contributed by atoms with Crippen molar-refractivity contribution in [2.75, 3.05) is 7.11 Å². The highest BCUT2D eigenvalue weighted by molar-refractivity contribution is 5.40. The number of rotatable bonds is 4. The summed E-state index contributed by atoms with van der Waals surface area (Å²) in [6.07, 6.45) is 1.98. The van der Waals surface area contributed by atoms with Gasteiger partial charge in [-0.15, -0.1) is 0 Å². The van der Waals surface area contributed by atoms with E-state index in [1.807, 2.05) is 12.1 Å². The number of fused-ring (bicyclic) bond motifs is 1. The average Bonchev–Trinajstić information content (AvgIpc) is 2.88. The lowest BCUT2D eigenvalue weighted by atomic mass is 10.1. The fourth-order valence-corrected chi connectivity index (χ4v) is 2.82. The number of hydrogen-bond donors (Lipinski definition) is 1. The molecule has 1 aliphatic carbocycles. The number of halogens is 2. The van der Waals surface area contributed by atoms with Crippen molar-refractivity contribution in [2.24, 2.45) is 0 Å². The number of methoxy groups -OCH3 is 1. The lowest BCUT2D eigenvalue weighted by molar-refractivity contribution is 0.413. The van der Waals surface area contributed by atoms with Crippen molar-refractivity contribution in [3.8, 4) is 5.75 Å². The van der Waals surface area contributed by atoms with Gasteiger partial charge in [-0.2, -0.15) is 0 Å². The maximum absolute atomic E-state index is 13.6. The second kappa shape index (κ2) is 5.82. The van der Waals surface area contributed by atoms with Crippen LogP contribution in [0.5, 0.6) is 5.75 Å². The zero-order chi connectivity index (χ0) is 14.8. The standard InChI is InChI=1S/C17H17F2NO/c1-21-14-6-3-11-4-7-17(15(11)9-14)20-10-12-2-5-13(18)8-16(12)19/h2-3,5-6,8-9,17,20H,4,7,10H2,1H3. The van der Waals surface area contributed by atoms with E-state index in [9.17, 15) is 8.78 Å². The van der Waals surface area contributed by atoms with Gasteiger partial charge in [0.2, 0.25) is 0 Å². The molecule has 1 atom stereocenters. The first kappa shape index (κ1) is 14.0. The number of nitrogens with one attached hydrogen (secondary N) is 1. The topological polar surface area (TPSA) is 21.3 Å². The van der Waals surface area contributed by atoms with Crippen LogP contribution in [0.1, 0.15) is 29.2 Å². The van der Waals surface area contributed by atoms with Gasteiger partial charge in [0, 0.05) is 24.2 Å². The van der Waals surface area contributed by atoms with Crippen LogP contribution in [0.4, 0.5) is 8.78 Å². The molecule has 0 bridgehead atoms. The van der Waals surface area contributed by atoms with Crippen LogP contribution in [0.2, 0.25) is 0 Å². The minimum absolute atomic E-state index is 0.180. The first-order valence-electron chi connectivity index (χ1n) is 7.01. The molecule has 110 valence electrons. The molecule has 2 aromatic rings. The van der Waals surface area contributed by atoms with Gasteiger partial charge in [0.25, 0.3) is 0 Å². The molecule has 0 amide bonds. The first-order chi connectivity index (χ1) is 10.2. The van der Waals surface area contributed by atoms with Gasteiger partial charge >= 0.3 is 0 Å². The minimum atomic E-state index is -0.549. The Morgan fingerprint density at radius 1 is 1.19 bits per heavy atom. The Morgan fingerprint density at radius 2 is 2.05 bits per heavy atom. The van der Waals surface area contributed by atoms with Crippen LogP contribution in [0.15, 0.2) is 36.4 Å². The van der Waals surface area contributed by atoms with Crippen LogP contribution in [0, 0.1) is 11.6 Å². The summed E-state index contributed by atoms with van der Waals surface area (Å²) in [6, 6.07) is 9.93. The molecule has 2 nitrogen and oxygen atoms in total. The van der Waals surface area contributed by atoms with E-state index in [-0.39, 0.29) is 6.04 Å². The molecular weight excluding hydrogens is 272 g/mol. The molecule has 0 heterocycles. The molecule has 0 aliphatic heterocycles. The summed E-state index contributed by atoms with van der Waals surface area (Å²) in [7, 11) is 1.65. The summed E-state index contributed by atoms with van der Waals surface area (Å²) < 4.78 is 31.8. The van der Waals surface area contributed by atoms with E-state index in [1.165, 1.54) is 23.3 Å². The summed E-state index contributed by atoms with van der Waals surface area (Å²) in [6.45, 7) is 0.382. The zero-order valence-electron chi connectivity index (χ0n) is 11.8. The van der Waals surface area contributed by atoms with Crippen molar-refractivity contribution in [1.82, 2.24) is 5.32 Å². The summed E-state index contributed by atoms with van der Waals surface area (Å²) in [5.74, 6) is -0.228. The second-order valence-corrected chi connectivity index (χ2v) is 5.27. The molecule has 1 aliphatic rings. The fraction of sp³-hybridized carbons (Fsp3) is 0.294. The van der Waals surface area contributed by atoms with Crippen molar-refractivity contribution in [1.29, 1.82) is 0 Å². The highest BCUT2D eigenvalue weighted by Crippen LogP contribution is 2.34. The number of aryl methyl sites for hydroxylation is 1. The number of benzene rings is 2. The Labute approximate surface area is 122 Å². The predicted octanol–water partition coefficient (Wildman–Crippen LogP) is 3.75. The predicted molar refractivity (Wildman–Crippen MR) is 77.3 cm³/mol. The van der Waals surface area contributed by atoms with E-state index < -0.39 is 11.6 Å². The Kier molecular flexibility index (Phi) is 3.88. The number of ether oxygens (including phenoxy) is 1. The Bertz CT molecular complexity index is 657. The maximum atomic E-state index is 13.6. The van der Waals surface area contributed by atoms with Crippen molar-refractivity contribution >= 4 is 0 Å². The fourth-order valence-electron chi connectivity index (χ4n) is 2.82. The minimum Gasteiger partial charge on any atom is -0.497 e. The van der Waals surface area contributed by atoms with Crippen LogP contribution < -0.4 is 10.1 Å². The number of hydrogen-bond acceptors (Lipinski definition) is 2. The van der Waals surface area contributed by atoms with E-state index in [2.05, 4.69) is 11.4 Å². The van der Waals surface area contributed by atoms with Gasteiger partial charge in [0.15, 0.2) is 0 Å². The summed E-state index contributed by atoms with van der Waals surface area (Å²) in [5.41, 5.74) is 2.98. The molecule has 0 spiro atoms. The van der Waals surface area contributed by atoms with Crippen molar-refractivity contribution < 1.29 is 13.5 Å². The molecule has 21 heavy (non-hydrogen) atoms. The lowest BCUT2D eigenvalue weighted by Crippen LogP contribution is -2.19. The molecule has 0 radical (unpaired) electrons. The van der Waals surface area contributed by atoms with Gasteiger partial charge in [-0.3, -0.25) is 0 Å². The molecule has 0 fully saturated rings. The van der Waals surface area contributed by atoms with E-state index >= 15 is 0 Å². The van der Waals surface area contributed by atoms with E-state index in [4.69, 9.17) is 4.74 Å². The molecule has 0 saturated heterocycles. The van der Waals surface area contributed by atoms with Crippen LogP contribution in [-0.4, -0.2) is 7.11 Å². The van der Waals surface area contributed by atoms with Crippen molar-refractivity contribution in [3.05, 3.63) is 64.7 Å². The summed E-state index contributed by atoms with van der Waals surface area (Å²) in [5, 5.41) is 3.35. The van der Waals surface area contributed by atoms with Crippen LogP contribution >= 0.6 is 0 Å². The van der Waals surface area contributed by atoms with Gasteiger partial charge in [-0.1, -0.05) is 12.1 Å². The van der Waals surface area contributed by atoms with Crippen LogP contribution in [0.3, 0.4) is 0 Å². The quantitative estimate of drug-likeness (QED) is 0.925. The van der Waals surface area contributed by atoms with Crippen molar-refractivity contribution in [2.45, 2.75) is 25.4 Å². The summed E-state index contributed by atoms with van der Waals surface area (Å²) in [4.78, 5) is 0. The summed E-state index contributed by atoms with van der Waals surface area (Å²) >= 11 is 0. The average molecular weight is 289 g/mol. The van der Waals surface area contributed by atoms with E-state index in [1.54, 1.807) is 7.11 Å². The third kappa shape index (κ3) is 2.90. The van der Waals surface area contributed by atoms with Crippen LogP contribution in [0.25, 0.3) is 0 Å². The Morgan fingerprint density at radius 3 is 2.81 bits per heavy atom. The molecule has 0 aromatic heterocycles.